The molecule has 24 heavy (non-hydrogen) atoms. The van der Waals surface area contributed by atoms with Crippen molar-refractivity contribution in [3.05, 3.63) is 58.3 Å². The molecule has 3 aromatic rings. The SMILES string of the molecule is Cc1nc2cc(NC(=O)c3ccc(F)c(C(F)(F)F)c3)ccc2s1. The molecular weight excluding hydrogens is 344 g/mol. The van der Waals surface area contributed by atoms with Gasteiger partial charge < -0.3 is 5.32 Å². The maximum atomic E-state index is 13.3. The van der Waals surface area contributed by atoms with Crippen LogP contribution >= 0.6 is 11.3 Å². The van der Waals surface area contributed by atoms with Gasteiger partial charge in [0.25, 0.3) is 5.91 Å². The summed E-state index contributed by atoms with van der Waals surface area (Å²) in [5.74, 6) is -2.18. The van der Waals surface area contributed by atoms with Crippen LogP contribution in [0.25, 0.3) is 10.2 Å². The van der Waals surface area contributed by atoms with Crippen molar-refractivity contribution in [2.75, 3.05) is 5.32 Å². The third-order valence-electron chi connectivity index (χ3n) is 3.29. The molecule has 124 valence electrons. The molecule has 0 aliphatic rings. The molecule has 2 aromatic carbocycles. The van der Waals surface area contributed by atoms with Gasteiger partial charge in [0.05, 0.1) is 20.8 Å². The van der Waals surface area contributed by atoms with E-state index in [-0.39, 0.29) is 5.56 Å². The highest BCUT2D eigenvalue weighted by molar-refractivity contribution is 7.18. The fourth-order valence-corrected chi connectivity index (χ4v) is 3.01. The quantitative estimate of drug-likeness (QED) is 0.657. The van der Waals surface area contributed by atoms with Crippen LogP contribution in [-0.2, 0) is 6.18 Å². The summed E-state index contributed by atoms with van der Waals surface area (Å²) in [5.41, 5.74) is -0.667. The number of hydrogen-bond acceptors (Lipinski definition) is 3. The van der Waals surface area contributed by atoms with E-state index in [2.05, 4.69) is 10.3 Å². The monoisotopic (exact) mass is 354 g/mol. The first-order chi connectivity index (χ1) is 11.2. The van der Waals surface area contributed by atoms with Crippen molar-refractivity contribution >= 4 is 33.1 Å². The maximum Gasteiger partial charge on any atom is 0.419 e. The van der Waals surface area contributed by atoms with E-state index in [0.29, 0.717) is 23.3 Å². The zero-order chi connectivity index (χ0) is 17.5. The van der Waals surface area contributed by atoms with E-state index in [1.54, 1.807) is 18.2 Å². The molecule has 1 amide bonds. The van der Waals surface area contributed by atoms with E-state index in [4.69, 9.17) is 0 Å². The Balaban J connectivity index is 1.88. The molecule has 0 unspecified atom stereocenters. The molecule has 0 aliphatic carbocycles. The van der Waals surface area contributed by atoms with Crippen molar-refractivity contribution < 1.29 is 22.4 Å². The fraction of sp³-hybridized carbons (Fsp3) is 0.125. The Kier molecular flexibility index (Phi) is 4.00. The van der Waals surface area contributed by atoms with Crippen LogP contribution in [0.2, 0.25) is 0 Å². The first-order valence-electron chi connectivity index (χ1n) is 6.79. The van der Waals surface area contributed by atoms with E-state index in [0.717, 1.165) is 15.8 Å². The molecule has 1 heterocycles. The van der Waals surface area contributed by atoms with E-state index < -0.39 is 23.5 Å². The van der Waals surface area contributed by atoms with E-state index in [9.17, 15) is 22.4 Å². The number of aromatic nitrogens is 1. The normalized spacial score (nSPS) is 11.7. The number of alkyl halides is 3. The van der Waals surface area contributed by atoms with Gasteiger partial charge in [0, 0.05) is 11.3 Å². The number of hydrogen-bond donors (Lipinski definition) is 1. The first-order valence-corrected chi connectivity index (χ1v) is 7.61. The minimum atomic E-state index is -4.86. The highest BCUT2D eigenvalue weighted by Gasteiger charge is 2.34. The molecule has 0 saturated heterocycles. The van der Waals surface area contributed by atoms with E-state index >= 15 is 0 Å². The lowest BCUT2D eigenvalue weighted by molar-refractivity contribution is -0.140. The molecule has 1 aromatic heterocycles. The third kappa shape index (κ3) is 3.23. The molecule has 0 aliphatic heterocycles. The van der Waals surface area contributed by atoms with Crippen molar-refractivity contribution in [3.8, 4) is 0 Å². The van der Waals surface area contributed by atoms with Gasteiger partial charge >= 0.3 is 6.18 Å². The lowest BCUT2D eigenvalue weighted by Crippen LogP contribution is -2.15. The molecule has 3 rings (SSSR count). The number of nitrogens with zero attached hydrogens (tertiary/aromatic N) is 1. The molecule has 0 spiro atoms. The molecule has 1 N–H and O–H groups in total. The molecule has 0 atom stereocenters. The second-order valence-electron chi connectivity index (χ2n) is 5.06. The average Bonchev–Trinajstić information content (AvgIpc) is 2.85. The molecule has 0 bridgehead atoms. The first kappa shape index (κ1) is 16.4. The zero-order valence-corrected chi connectivity index (χ0v) is 13.1. The number of nitrogens with one attached hydrogen (secondary N) is 1. The molecule has 8 heteroatoms. The second-order valence-corrected chi connectivity index (χ2v) is 6.30. The van der Waals surface area contributed by atoms with Crippen molar-refractivity contribution in [2.45, 2.75) is 13.1 Å². The standard InChI is InChI=1S/C16H10F4N2OS/c1-8-21-13-7-10(3-5-14(13)24-8)22-15(23)9-2-4-12(17)11(6-9)16(18,19)20/h2-7H,1H3,(H,22,23). The predicted octanol–water partition coefficient (Wildman–Crippen LogP) is 5.01. The summed E-state index contributed by atoms with van der Waals surface area (Å²) >= 11 is 1.49. The van der Waals surface area contributed by atoms with Gasteiger partial charge in [0.1, 0.15) is 5.82 Å². The van der Waals surface area contributed by atoms with Gasteiger partial charge in [-0.2, -0.15) is 13.2 Å². The summed E-state index contributed by atoms with van der Waals surface area (Å²) in [4.78, 5) is 16.4. The number of carbonyl (C=O) groups excluding carboxylic acids is 1. The Labute approximate surface area is 137 Å². The minimum Gasteiger partial charge on any atom is -0.322 e. The van der Waals surface area contributed by atoms with Gasteiger partial charge in [0.15, 0.2) is 0 Å². The largest absolute Gasteiger partial charge is 0.419 e. The van der Waals surface area contributed by atoms with Crippen LogP contribution in [0.1, 0.15) is 20.9 Å². The number of anilines is 1. The van der Waals surface area contributed by atoms with Crippen LogP contribution in [0.5, 0.6) is 0 Å². The van der Waals surface area contributed by atoms with Gasteiger partial charge in [-0.15, -0.1) is 11.3 Å². The average molecular weight is 354 g/mol. The summed E-state index contributed by atoms with van der Waals surface area (Å²) in [6.45, 7) is 1.85. The number of aryl methyl sites for hydroxylation is 1. The molecule has 0 saturated carbocycles. The topological polar surface area (TPSA) is 42.0 Å². The smallest absolute Gasteiger partial charge is 0.322 e. The number of carbonyl (C=O) groups is 1. The summed E-state index contributed by atoms with van der Waals surface area (Å²) in [7, 11) is 0. The summed E-state index contributed by atoms with van der Waals surface area (Å²) in [6.07, 6.45) is -4.86. The van der Waals surface area contributed by atoms with Crippen molar-refractivity contribution in [1.82, 2.24) is 4.98 Å². The zero-order valence-electron chi connectivity index (χ0n) is 12.2. The number of fused-ring (bicyclic) bond motifs is 1. The lowest BCUT2D eigenvalue weighted by atomic mass is 10.1. The Bertz CT molecular complexity index is 933. The van der Waals surface area contributed by atoms with Crippen LogP contribution in [0.3, 0.4) is 0 Å². The lowest BCUT2D eigenvalue weighted by Gasteiger charge is -2.10. The minimum absolute atomic E-state index is 0.279. The Hall–Kier alpha value is -2.48. The summed E-state index contributed by atoms with van der Waals surface area (Å²) < 4.78 is 52.4. The van der Waals surface area contributed by atoms with Gasteiger partial charge in [-0.05, 0) is 43.3 Å². The van der Waals surface area contributed by atoms with E-state index in [1.165, 1.54) is 11.3 Å². The number of amides is 1. The van der Waals surface area contributed by atoms with E-state index in [1.807, 2.05) is 6.92 Å². The van der Waals surface area contributed by atoms with Gasteiger partial charge in [-0.1, -0.05) is 0 Å². The highest BCUT2D eigenvalue weighted by Crippen LogP contribution is 2.32. The molecule has 0 fully saturated rings. The Morgan fingerprint density at radius 1 is 1.17 bits per heavy atom. The van der Waals surface area contributed by atoms with Crippen molar-refractivity contribution in [3.63, 3.8) is 0 Å². The van der Waals surface area contributed by atoms with Crippen molar-refractivity contribution in [2.24, 2.45) is 0 Å². The van der Waals surface area contributed by atoms with Gasteiger partial charge in [0.2, 0.25) is 0 Å². The number of thiazole rings is 1. The number of halogens is 4. The van der Waals surface area contributed by atoms with Gasteiger partial charge in [-0.3, -0.25) is 4.79 Å². The molecule has 3 nitrogen and oxygen atoms in total. The van der Waals surface area contributed by atoms with Crippen LogP contribution in [0, 0.1) is 12.7 Å². The second kappa shape index (κ2) is 5.86. The molecular formula is C16H10F4N2OS. The van der Waals surface area contributed by atoms with Crippen LogP contribution in [0.4, 0.5) is 23.2 Å². The number of benzene rings is 2. The molecule has 0 radical (unpaired) electrons. The van der Waals surface area contributed by atoms with Crippen LogP contribution in [-0.4, -0.2) is 10.9 Å². The van der Waals surface area contributed by atoms with Gasteiger partial charge in [-0.25, -0.2) is 9.37 Å². The van der Waals surface area contributed by atoms with Crippen molar-refractivity contribution in [1.29, 1.82) is 0 Å². The Morgan fingerprint density at radius 3 is 2.62 bits per heavy atom. The fourth-order valence-electron chi connectivity index (χ4n) is 2.21. The van der Waals surface area contributed by atoms with Crippen LogP contribution in [0.15, 0.2) is 36.4 Å². The number of rotatable bonds is 2. The van der Waals surface area contributed by atoms with Crippen LogP contribution < -0.4 is 5.32 Å². The maximum absolute atomic E-state index is 13.3. The highest BCUT2D eigenvalue weighted by atomic mass is 32.1. The Morgan fingerprint density at radius 2 is 1.92 bits per heavy atom. The summed E-state index contributed by atoms with van der Waals surface area (Å²) in [6, 6.07) is 7.16. The summed E-state index contributed by atoms with van der Waals surface area (Å²) in [5, 5.41) is 3.36. The third-order valence-corrected chi connectivity index (χ3v) is 4.24. The predicted molar refractivity (Wildman–Crippen MR) is 83.7 cm³/mol.